The van der Waals surface area contributed by atoms with E-state index in [0.717, 1.165) is 5.56 Å². The molecular weight excluding hydrogens is 184 g/mol. The average molecular weight is 194 g/mol. The summed E-state index contributed by atoms with van der Waals surface area (Å²) in [6, 6.07) is 7.37. The molecule has 0 bridgehead atoms. The highest BCUT2D eigenvalue weighted by molar-refractivity contribution is 7.88. The second-order valence-electron chi connectivity index (χ2n) is 2.58. The molecule has 1 atom stereocenters. The summed E-state index contributed by atoms with van der Waals surface area (Å²) in [5.74, 6) is 0. The minimum absolute atomic E-state index is 0.617. The topological polar surface area (TPSA) is 34.1 Å². The summed E-state index contributed by atoms with van der Waals surface area (Å²) < 4.78 is 11.4. The Balaban J connectivity index is 2.83. The number of allylic oxidation sites excluding steroid dienone is 1. The van der Waals surface area contributed by atoms with E-state index in [2.05, 4.69) is 0 Å². The van der Waals surface area contributed by atoms with Crippen LogP contribution in [0.2, 0.25) is 0 Å². The van der Waals surface area contributed by atoms with Crippen LogP contribution in [0.5, 0.6) is 0 Å². The summed E-state index contributed by atoms with van der Waals surface area (Å²) in [6.45, 7) is 1.97. The maximum atomic E-state index is 11.4. The van der Waals surface area contributed by atoms with Crippen LogP contribution < -0.4 is 0 Å². The molecule has 0 aliphatic rings. The minimum atomic E-state index is -1.20. The van der Waals surface area contributed by atoms with Gasteiger partial charge in [0.25, 0.3) is 0 Å². The normalized spacial score (nSPS) is 13.0. The molecule has 1 aromatic rings. The molecule has 0 radical (unpaired) electrons. The molecule has 0 saturated heterocycles. The predicted octanol–water partition coefficient (Wildman–Crippen LogP) is 1.82. The van der Waals surface area contributed by atoms with Crippen molar-refractivity contribution in [1.82, 2.24) is 0 Å². The molecule has 3 heteroatoms. The molecule has 1 aromatic carbocycles. The van der Waals surface area contributed by atoms with Gasteiger partial charge in [0, 0.05) is 10.3 Å². The fourth-order valence-corrected chi connectivity index (χ4v) is 1.62. The van der Waals surface area contributed by atoms with Gasteiger partial charge in [-0.2, -0.15) is 0 Å². The monoisotopic (exact) mass is 194 g/mol. The van der Waals surface area contributed by atoms with Crippen molar-refractivity contribution in [3.63, 3.8) is 0 Å². The summed E-state index contributed by atoms with van der Waals surface area (Å²) in [6.07, 6.45) is 1.86. The Kier molecular flexibility index (Phi) is 3.58. The number of carbonyl (C=O) groups excluding carboxylic acids is 1. The Morgan fingerprint density at radius 2 is 1.85 bits per heavy atom. The molecule has 0 aliphatic heterocycles. The molecule has 0 N–H and O–H groups in total. The quantitative estimate of drug-likeness (QED) is 0.543. The smallest absolute Gasteiger partial charge is 0.143 e. The molecule has 0 aliphatic carbocycles. The van der Waals surface area contributed by atoms with Gasteiger partial charge in [0.2, 0.25) is 0 Å². The Bertz CT molecular complexity index is 338. The second kappa shape index (κ2) is 4.72. The zero-order chi connectivity index (χ0) is 9.68. The predicted molar refractivity (Wildman–Crippen MR) is 52.8 cm³/mol. The maximum Gasteiger partial charge on any atom is 0.143 e. The van der Waals surface area contributed by atoms with Crippen LogP contribution in [0.4, 0.5) is 0 Å². The van der Waals surface area contributed by atoms with Gasteiger partial charge in [0.15, 0.2) is 0 Å². The molecule has 0 spiro atoms. The van der Waals surface area contributed by atoms with Crippen molar-refractivity contribution < 1.29 is 9.00 Å². The molecule has 0 amide bonds. The van der Waals surface area contributed by atoms with Crippen LogP contribution in [0.1, 0.15) is 5.56 Å². The Hall–Kier alpha value is -1.22. The highest BCUT2D eigenvalue weighted by atomic mass is 32.2. The standard InChI is InChI=1S/C10H10O2S/c1-9-3-5-10(6-4-9)13(12)8-2-7-11/h2-8H,1H3/b8-2+/t13-/m1/s1. The number of aryl methyl sites for hydroxylation is 1. The lowest BCUT2D eigenvalue weighted by Gasteiger charge is -1.96. The van der Waals surface area contributed by atoms with E-state index >= 15 is 0 Å². The van der Waals surface area contributed by atoms with Gasteiger partial charge in [-0.25, -0.2) is 4.21 Å². The molecule has 0 fully saturated rings. The summed E-state index contributed by atoms with van der Waals surface area (Å²) in [7, 11) is -1.20. The van der Waals surface area contributed by atoms with E-state index < -0.39 is 10.8 Å². The zero-order valence-corrected chi connectivity index (χ0v) is 8.08. The highest BCUT2D eigenvalue weighted by Crippen LogP contribution is 2.08. The van der Waals surface area contributed by atoms with Gasteiger partial charge in [-0.15, -0.1) is 0 Å². The van der Waals surface area contributed by atoms with Gasteiger partial charge < -0.3 is 0 Å². The van der Waals surface area contributed by atoms with Crippen molar-refractivity contribution in [2.75, 3.05) is 0 Å². The van der Waals surface area contributed by atoms with Gasteiger partial charge in [0.1, 0.15) is 6.29 Å². The first-order chi connectivity index (χ1) is 6.24. The summed E-state index contributed by atoms with van der Waals surface area (Å²) in [5, 5.41) is 1.37. The van der Waals surface area contributed by atoms with Crippen LogP contribution in [0.25, 0.3) is 0 Å². The molecule has 0 unspecified atom stereocenters. The Labute approximate surface area is 79.7 Å². The first-order valence-electron chi connectivity index (χ1n) is 3.83. The van der Waals surface area contributed by atoms with Gasteiger partial charge in [-0.05, 0) is 25.1 Å². The summed E-state index contributed by atoms with van der Waals surface area (Å²) in [4.78, 5) is 10.7. The van der Waals surface area contributed by atoms with Crippen LogP contribution in [0.15, 0.2) is 40.6 Å². The Morgan fingerprint density at radius 3 is 2.38 bits per heavy atom. The Morgan fingerprint density at radius 1 is 1.23 bits per heavy atom. The number of hydrogen-bond donors (Lipinski definition) is 0. The number of rotatable bonds is 3. The minimum Gasteiger partial charge on any atom is -0.299 e. The van der Waals surface area contributed by atoms with Crippen LogP contribution in [-0.2, 0) is 15.6 Å². The summed E-state index contributed by atoms with van der Waals surface area (Å²) in [5.41, 5.74) is 1.13. The van der Waals surface area contributed by atoms with Crippen molar-refractivity contribution >= 4 is 17.1 Å². The van der Waals surface area contributed by atoms with Gasteiger partial charge in [-0.3, -0.25) is 4.79 Å². The molecule has 2 nitrogen and oxygen atoms in total. The molecule has 13 heavy (non-hydrogen) atoms. The van der Waals surface area contributed by atoms with E-state index in [1.54, 1.807) is 12.1 Å². The average Bonchev–Trinajstić information content (AvgIpc) is 2.15. The van der Waals surface area contributed by atoms with Crippen molar-refractivity contribution in [3.05, 3.63) is 41.3 Å². The van der Waals surface area contributed by atoms with Crippen LogP contribution in [0, 0.1) is 6.92 Å². The van der Waals surface area contributed by atoms with E-state index in [9.17, 15) is 9.00 Å². The number of aldehydes is 1. The lowest BCUT2D eigenvalue weighted by molar-refractivity contribution is -0.104. The molecule has 0 heterocycles. The second-order valence-corrected chi connectivity index (χ2v) is 3.91. The lowest BCUT2D eigenvalue weighted by Crippen LogP contribution is -1.86. The number of hydrogen-bond acceptors (Lipinski definition) is 2. The van der Waals surface area contributed by atoms with Gasteiger partial charge in [-0.1, -0.05) is 17.7 Å². The zero-order valence-electron chi connectivity index (χ0n) is 7.27. The van der Waals surface area contributed by atoms with Crippen LogP contribution >= 0.6 is 0 Å². The van der Waals surface area contributed by atoms with Crippen LogP contribution in [-0.4, -0.2) is 10.5 Å². The van der Waals surface area contributed by atoms with Crippen molar-refractivity contribution in [1.29, 1.82) is 0 Å². The SMILES string of the molecule is Cc1ccc([S@](=O)/C=C/C=O)cc1. The summed E-state index contributed by atoms with van der Waals surface area (Å²) >= 11 is 0. The van der Waals surface area contributed by atoms with E-state index in [0.29, 0.717) is 11.2 Å². The van der Waals surface area contributed by atoms with Crippen molar-refractivity contribution in [2.45, 2.75) is 11.8 Å². The molecule has 0 saturated carbocycles. The molecule has 0 aromatic heterocycles. The fraction of sp³-hybridized carbons (Fsp3) is 0.100. The van der Waals surface area contributed by atoms with E-state index in [-0.39, 0.29) is 0 Å². The van der Waals surface area contributed by atoms with Crippen LogP contribution in [0.3, 0.4) is 0 Å². The van der Waals surface area contributed by atoms with E-state index in [1.807, 2.05) is 19.1 Å². The first-order valence-corrected chi connectivity index (χ1v) is 5.04. The molecule has 68 valence electrons. The lowest BCUT2D eigenvalue weighted by atomic mass is 10.2. The highest BCUT2D eigenvalue weighted by Gasteiger charge is 1.97. The third-order valence-corrected chi connectivity index (χ3v) is 2.68. The largest absolute Gasteiger partial charge is 0.299 e. The van der Waals surface area contributed by atoms with Crippen molar-refractivity contribution in [2.24, 2.45) is 0 Å². The number of carbonyl (C=O) groups is 1. The number of benzene rings is 1. The van der Waals surface area contributed by atoms with E-state index in [4.69, 9.17) is 0 Å². The van der Waals surface area contributed by atoms with E-state index in [1.165, 1.54) is 11.5 Å². The third kappa shape index (κ3) is 2.95. The van der Waals surface area contributed by atoms with Gasteiger partial charge in [0.05, 0.1) is 10.8 Å². The maximum absolute atomic E-state index is 11.4. The van der Waals surface area contributed by atoms with Gasteiger partial charge >= 0.3 is 0 Å². The molecular formula is C10H10O2S. The third-order valence-electron chi connectivity index (χ3n) is 1.53. The van der Waals surface area contributed by atoms with Crippen molar-refractivity contribution in [3.8, 4) is 0 Å². The first kappa shape index (κ1) is 9.86. The molecule has 1 rings (SSSR count). The fourth-order valence-electron chi connectivity index (χ4n) is 0.854.